The molecule has 2 rings (SSSR count). The van der Waals surface area contributed by atoms with Gasteiger partial charge in [0.1, 0.15) is 5.82 Å². The fourth-order valence-corrected chi connectivity index (χ4v) is 3.46. The van der Waals surface area contributed by atoms with Crippen LogP contribution in [0.3, 0.4) is 0 Å². The van der Waals surface area contributed by atoms with Gasteiger partial charge >= 0.3 is 5.97 Å². The number of amides is 1. The largest absolute Gasteiger partial charge is 0.480 e. The monoisotopic (exact) mass is 364 g/mol. The van der Waals surface area contributed by atoms with Crippen molar-refractivity contribution in [2.45, 2.75) is 64.6 Å². The minimum absolute atomic E-state index is 0.0333. The van der Waals surface area contributed by atoms with Gasteiger partial charge in [0.15, 0.2) is 0 Å². The smallest absolute Gasteiger partial charge is 0.317 e. The molecule has 1 saturated carbocycles. The molecule has 0 saturated heterocycles. The molecule has 5 nitrogen and oxygen atoms in total. The molecule has 1 fully saturated rings. The highest BCUT2D eigenvalue weighted by Gasteiger charge is 2.28. The molecule has 1 N–H and O–H groups in total. The number of aliphatic carboxylic acids is 1. The number of benzene rings is 1. The zero-order valence-corrected chi connectivity index (χ0v) is 15.7. The van der Waals surface area contributed by atoms with Gasteiger partial charge in [-0.15, -0.1) is 0 Å². The first kappa shape index (κ1) is 20.4. The van der Waals surface area contributed by atoms with E-state index in [0.717, 1.165) is 31.2 Å². The van der Waals surface area contributed by atoms with Crippen molar-refractivity contribution in [1.29, 1.82) is 0 Å². The normalized spacial score (nSPS) is 15.4. The Labute approximate surface area is 154 Å². The van der Waals surface area contributed by atoms with Crippen molar-refractivity contribution < 1.29 is 19.1 Å². The van der Waals surface area contributed by atoms with Crippen molar-refractivity contribution >= 4 is 11.9 Å². The number of carbonyl (C=O) groups is 2. The maximum atomic E-state index is 13.2. The lowest BCUT2D eigenvalue weighted by molar-refractivity contribution is -0.141. The molecule has 144 valence electrons. The van der Waals surface area contributed by atoms with Gasteiger partial charge in [-0.05, 0) is 44.4 Å². The maximum Gasteiger partial charge on any atom is 0.317 e. The van der Waals surface area contributed by atoms with Gasteiger partial charge in [0, 0.05) is 18.6 Å². The molecule has 0 bridgehead atoms. The van der Waals surface area contributed by atoms with Crippen LogP contribution in [0.2, 0.25) is 0 Å². The van der Waals surface area contributed by atoms with E-state index in [9.17, 15) is 14.0 Å². The van der Waals surface area contributed by atoms with E-state index in [1.807, 2.05) is 18.7 Å². The Morgan fingerprint density at radius 3 is 2.27 bits per heavy atom. The van der Waals surface area contributed by atoms with Crippen LogP contribution >= 0.6 is 0 Å². The minimum atomic E-state index is -0.936. The number of carboxylic acid groups (broad SMARTS) is 1. The van der Waals surface area contributed by atoms with E-state index in [0.29, 0.717) is 6.54 Å². The third kappa shape index (κ3) is 6.09. The van der Waals surface area contributed by atoms with E-state index >= 15 is 0 Å². The highest BCUT2D eigenvalue weighted by molar-refractivity contribution is 5.79. The number of nitrogens with zero attached hydrogens (tertiary/aromatic N) is 2. The predicted molar refractivity (Wildman–Crippen MR) is 98.2 cm³/mol. The second kappa shape index (κ2) is 9.67. The second-order valence-electron chi connectivity index (χ2n) is 7.33. The Hall–Kier alpha value is -1.95. The van der Waals surface area contributed by atoms with Gasteiger partial charge < -0.3 is 10.0 Å². The third-order valence-corrected chi connectivity index (χ3v) is 5.01. The van der Waals surface area contributed by atoms with E-state index in [2.05, 4.69) is 0 Å². The van der Waals surface area contributed by atoms with Crippen LogP contribution in [0.15, 0.2) is 24.3 Å². The molecule has 0 atom stereocenters. The summed E-state index contributed by atoms with van der Waals surface area (Å²) in [5, 5.41) is 9.09. The molecule has 1 aromatic rings. The molecule has 6 heteroatoms. The van der Waals surface area contributed by atoms with Gasteiger partial charge in [0.25, 0.3) is 0 Å². The van der Waals surface area contributed by atoms with Crippen LogP contribution in [0.25, 0.3) is 0 Å². The summed E-state index contributed by atoms with van der Waals surface area (Å²) >= 11 is 0. The quantitative estimate of drug-likeness (QED) is 0.769. The standard InChI is InChI=1S/C20H29FN2O3/c1-15(2)22(14-20(25)26)13-19(24)23(18-6-4-3-5-7-18)12-16-8-10-17(21)11-9-16/h8-11,15,18H,3-7,12-14H2,1-2H3,(H,25,26). The SMILES string of the molecule is CC(C)N(CC(=O)O)CC(=O)N(Cc1ccc(F)cc1)C1CCCCC1. The average molecular weight is 364 g/mol. The van der Waals surface area contributed by atoms with Crippen molar-refractivity contribution in [3.63, 3.8) is 0 Å². The summed E-state index contributed by atoms with van der Waals surface area (Å²) in [7, 11) is 0. The molecule has 0 heterocycles. The number of halogens is 1. The van der Waals surface area contributed by atoms with E-state index < -0.39 is 5.97 Å². The van der Waals surface area contributed by atoms with Crippen LogP contribution in [-0.4, -0.2) is 52.0 Å². The number of hydrogen-bond donors (Lipinski definition) is 1. The first-order valence-electron chi connectivity index (χ1n) is 9.36. The number of hydrogen-bond acceptors (Lipinski definition) is 3. The Bertz CT molecular complexity index is 598. The molecule has 0 aliphatic heterocycles. The molecule has 1 aromatic carbocycles. The molecule has 1 aliphatic rings. The fraction of sp³-hybridized carbons (Fsp3) is 0.600. The lowest BCUT2D eigenvalue weighted by Gasteiger charge is -2.36. The van der Waals surface area contributed by atoms with Crippen LogP contribution < -0.4 is 0 Å². The van der Waals surface area contributed by atoms with Gasteiger partial charge in [0.2, 0.25) is 5.91 Å². The number of carbonyl (C=O) groups excluding carboxylic acids is 1. The summed E-state index contributed by atoms with van der Waals surface area (Å²) in [5.41, 5.74) is 0.889. The summed E-state index contributed by atoms with van der Waals surface area (Å²) in [6.07, 6.45) is 5.31. The van der Waals surface area contributed by atoms with Crippen molar-refractivity contribution in [2.24, 2.45) is 0 Å². The number of rotatable bonds is 8. The average Bonchev–Trinajstić information content (AvgIpc) is 2.60. The minimum Gasteiger partial charge on any atom is -0.480 e. The Kier molecular flexibility index (Phi) is 7.57. The van der Waals surface area contributed by atoms with Crippen molar-refractivity contribution in [3.8, 4) is 0 Å². The van der Waals surface area contributed by atoms with Crippen LogP contribution in [0, 0.1) is 5.82 Å². The summed E-state index contributed by atoms with van der Waals surface area (Å²) in [5.74, 6) is -1.29. The van der Waals surface area contributed by atoms with Gasteiger partial charge in [-0.3, -0.25) is 14.5 Å². The zero-order chi connectivity index (χ0) is 19.1. The third-order valence-electron chi connectivity index (χ3n) is 5.01. The Morgan fingerprint density at radius 2 is 1.73 bits per heavy atom. The van der Waals surface area contributed by atoms with Crippen LogP contribution in [0.5, 0.6) is 0 Å². The molecule has 0 unspecified atom stereocenters. The van der Waals surface area contributed by atoms with Crippen molar-refractivity contribution in [3.05, 3.63) is 35.6 Å². The predicted octanol–water partition coefficient (Wildman–Crippen LogP) is 3.28. The molecule has 1 aliphatic carbocycles. The lowest BCUT2D eigenvalue weighted by atomic mass is 9.93. The molecule has 1 amide bonds. The number of carboxylic acids is 1. The summed E-state index contributed by atoms with van der Waals surface area (Å²) in [6, 6.07) is 6.35. The summed E-state index contributed by atoms with van der Waals surface area (Å²) < 4.78 is 13.2. The van der Waals surface area contributed by atoms with Crippen LogP contribution in [0.1, 0.15) is 51.5 Å². The van der Waals surface area contributed by atoms with Crippen molar-refractivity contribution in [1.82, 2.24) is 9.80 Å². The molecule has 26 heavy (non-hydrogen) atoms. The van der Waals surface area contributed by atoms with E-state index in [4.69, 9.17) is 5.11 Å². The van der Waals surface area contributed by atoms with Gasteiger partial charge in [-0.2, -0.15) is 0 Å². The highest BCUT2D eigenvalue weighted by atomic mass is 19.1. The molecule has 0 spiro atoms. The molecule has 0 radical (unpaired) electrons. The zero-order valence-electron chi connectivity index (χ0n) is 15.7. The van der Waals surface area contributed by atoms with Gasteiger partial charge in [-0.25, -0.2) is 4.39 Å². The maximum absolute atomic E-state index is 13.2. The van der Waals surface area contributed by atoms with Crippen molar-refractivity contribution in [2.75, 3.05) is 13.1 Å². The van der Waals surface area contributed by atoms with E-state index in [1.165, 1.54) is 18.6 Å². The lowest BCUT2D eigenvalue weighted by Crippen LogP contribution is -2.48. The Morgan fingerprint density at radius 1 is 1.12 bits per heavy atom. The van der Waals surface area contributed by atoms with E-state index in [1.54, 1.807) is 17.0 Å². The fourth-order valence-electron chi connectivity index (χ4n) is 3.46. The van der Waals surface area contributed by atoms with Crippen LogP contribution in [-0.2, 0) is 16.1 Å². The molecular formula is C20H29FN2O3. The van der Waals surface area contributed by atoms with Gasteiger partial charge in [0.05, 0.1) is 13.1 Å². The highest BCUT2D eigenvalue weighted by Crippen LogP contribution is 2.24. The topological polar surface area (TPSA) is 60.9 Å². The first-order chi connectivity index (χ1) is 12.4. The summed E-state index contributed by atoms with van der Waals surface area (Å²) in [6.45, 7) is 4.14. The van der Waals surface area contributed by atoms with E-state index in [-0.39, 0.29) is 36.9 Å². The second-order valence-corrected chi connectivity index (χ2v) is 7.33. The van der Waals surface area contributed by atoms with Crippen LogP contribution in [0.4, 0.5) is 4.39 Å². The Balaban J connectivity index is 2.14. The summed E-state index contributed by atoms with van der Waals surface area (Å²) in [4.78, 5) is 27.7. The first-order valence-corrected chi connectivity index (χ1v) is 9.36. The molecular weight excluding hydrogens is 335 g/mol. The molecule has 0 aromatic heterocycles. The van der Waals surface area contributed by atoms with Gasteiger partial charge in [-0.1, -0.05) is 31.4 Å².